The van der Waals surface area contributed by atoms with Crippen LogP contribution >= 0.6 is 11.6 Å². The van der Waals surface area contributed by atoms with Crippen LogP contribution in [0.2, 0.25) is 5.02 Å². The Morgan fingerprint density at radius 1 is 1.03 bits per heavy atom. The molecule has 0 fully saturated rings. The molecule has 158 valence electrons. The van der Waals surface area contributed by atoms with Crippen LogP contribution in [0.25, 0.3) is 0 Å². The normalized spacial score (nSPS) is 11.3. The number of methoxy groups -OCH3 is 2. The lowest BCUT2D eigenvalue weighted by molar-refractivity contribution is -0.116. The van der Waals surface area contributed by atoms with Gasteiger partial charge >= 0.3 is 0 Å². The topological polar surface area (TPSA) is 71.3 Å². The molecule has 0 aliphatic carbocycles. The van der Waals surface area contributed by atoms with Crippen LogP contribution in [-0.2, 0) is 11.2 Å². The molecule has 1 N–H and O–H groups in total. The van der Waals surface area contributed by atoms with Gasteiger partial charge in [-0.05, 0) is 47.4 Å². The van der Waals surface area contributed by atoms with Crippen molar-refractivity contribution in [1.29, 1.82) is 5.26 Å². The van der Waals surface area contributed by atoms with Crippen LogP contribution in [0.1, 0.15) is 29.0 Å². The highest BCUT2D eigenvalue weighted by Crippen LogP contribution is 2.32. The van der Waals surface area contributed by atoms with E-state index in [0.717, 1.165) is 11.1 Å². The summed E-state index contributed by atoms with van der Waals surface area (Å²) in [6.45, 7) is 0. The molecule has 5 nitrogen and oxygen atoms in total. The number of carbonyl (C=O) groups excluding carboxylic acids is 1. The Balaban J connectivity index is 1.65. The predicted octanol–water partition coefficient (Wildman–Crippen LogP) is 5.58. The van der Waals surface area contributed by atoms with Gasteiger partial charge in [-0.15, -0.1) is 0 Å². The lowest BCUT2D eigenvalue weighted by Crippen LogP contribution is -2.12. The van der Waals surface area contributed by atoms with Gasteiger partial charge in [-0.3, -0.25) is 4.79 Å². The molecule has 0 aliphatic heterocycles. The molecule has 31 heavy (non-hydrogen) atoms. The first kappa shape index (κ1) is 22.2. The number of ether oxygens (including phenoxy) is 2. The Hall–Kier alpha value is -3.49. The summed E-state index contributed by atoms with van der Waals surface area (Å²) in [6, 6.07) is 22.6. The van der Waals surface area contributed by atoms with E-state index in [1.807, 2.05) is 48.5 Å². The Labute approximate surface area is 187 Å². The third kappa shape index (κ3) is 5.56. The number of nitriles is 1. The van der Waals surface area contributed by atoms with Crippen molar-refractivity contribution in [3.05, 3.63) is 88.4 Å². The Bertz CT molecular complexity index is 1090. The van der Waals surface area contributed by atoms with Crippen LogP contribution in [0.4, 0.5) is 5.69 Å². The molecule has 3 aromatic rings. The molecule has 0 radical (unpaired) electrons. The van der Waals surface area contributed by atoms with Crippen molar-refractivity contribution in [3.63, 3.8) is 0 Å². The van der Waals surface area contributed by atoms with Crippen molar-refractivity contribution >= 4 is 23.2 Å². The standard InChI is InChI=1S/C25H23ClN2O3/c1-30-23-12-8-17(14-24(23)31-2)9-13-25(29)28-19-10-11-20(22(26)15-19)21(16-27)18-6-4-3-5-7-18/h3-8,10-12,14-15,21H,9,13H2,1-2H3,(H,28,29). The van der Waals surface area contributed by atoms with Gasteiger partial charge < -0.3 is 14.8 Å². The summed E-state index contributed by atoms with van der Waals surface area (Å²) in [7, 11) is 3.16. The molecule has 0 aromatic heterocycles. The van der Waals surface area contributed by atoms with Crippen LogP contribution in [0.5, 0.6) is 11.5 Å². The van der Waals surface area contributed by atoms with Crippen molar-refractivity contribution in [2.75, 3.05) is 19.5 Å². The third-order valence-corrected chi connectivity index (χ3v) is 5.27. The molecule has 0 saturated carbocycles. The smallest absolute Gasteiger partial charge is 0.224 e. The number of rotatable bonds is 8. The highest BCUT2D eigenvalue weighted by Gasteiger charge is 2.17. The van der Waals surface area contributed by atoms with E-state index in [-0.39, 0.29) is 5.91 Å². The summed E-state index contributed by atoms with van der Waals surface area (Å²) in [4.78, 5) is 12.4. The SMILES string of the molecule is COc1ccc(CCC(=O)Nc2ccc(C(C#N)c3ccccc3)c(Cl)c2)cc1OC. The van der Waals surface area contributed by atoms with Gasteiger partial charge in [0.2, 0.25) is 5.91 Å². The predicted molar refractivity (Wildman–Crippen MR) is 122 cm³/mol. The lowest BCUT2D eigenvalue weighted by Gasteiger charge is -2.14. The molecule has 0 aliphatic rings. The van der Waals surface area contributed by atoms with E-state index in [4.69, 9.17) is 21.1 Å². The second kappa shape index (κ2) is 10.5. The quantitative estimate of drug-likeness (QED) is 0.502. The fourth-order valence-corrected chi connectivity index (χ4v) is 3.62. The maximum atomic E-state index is 12.4. The maximum Gasteiger partial charge on any atom is 0.224 e. The van der Waals surface area contributed by atoms with Crippen molar-refractivity contribution < 1.29 is 14.3 Å². The summed E-state index contributed by atoms with van der Waals surface area (Å²) < 4.78 is 10.5. The number of amides is 1. The van der Waals surface area contributed by atoms with Gasteiger partial charge in [-0.25, -0.2) is 0 Å². The summed E-state index contributed by atoms with van der Waals surface area (Å²) >= 11 is 6.44. The minimum Gasteiger partial charge on any atom is -0.493 e. The minimum atomic E-state index is -0.469. The molecule has 1 atom stereocenters. The Morgan fingerprint density at radius 2 is 1.77 bits per heavy atom. The molecule has 6 heteroatoms. The van der Waals surface area contributed by atoms with Crippen molar-refractivity contribution in [3.8, 4) is 17.6 Å². The van der Waals surface area contributed by atoms with Crippen LogP contribution in [-0.4, -0.2) is 20.1 Å². The largest absolute Gasteiger partial charge is 0.493 e. The molecule has 0 heterocycles. The first-order valence-corrected chi connectivity index (χ1v) is 10.2. The monoisotopic (exact) mass is 434 g/mol. The number of hydrogen-bond acceptors (Lipinski definition) is 4. The van der Waals surface area contributed by atoms with Crippen LogP contribution in [0.15, 0.2) is 66.7 Å². The molecule has 3 rings (SSSR count). The molecule has 0 bridgehead atoms. The van der Waals surface area contributed by atoms with E-state index in [1.165, 1.54) is 0 Å². The average Bonchev–Trinajstić information content (AvgIpc) is 2.80. The van der Waals surface area contributed by atoms with E-state index in [0.29, 0.717) is 40.6 Å². The van der Waals surface area contributed by atoms with Crippen molar-refractivity contribution in [1.82, 2.24) is 0 Å². The highest BCUT2D eigenvalue weighted by atomic mass is 35.5. The fraction of sp³-hybridized carbons (Fsp3) is 0.200. The number of aryl methyl sites for hydroxylation is 1. The van der Waals surface area contributed by atoms with Crippen LogP contribution < -0.4 is 14.8 Å². The minimum absolute atomic E-state index is 0.126. The number of nitrogens with zero attached hydrogens (tertiary/aromatic N) is 1. The van der Waals surface area contributed by atoms with E-state index in [1.54, 1.807) is 32.4 Å². The third-order valence-electron chi connectivity index (χ3n) is 4.95. The van der Waals surface area contributed by atoms with Crippen LogP contribution in [0.3, 0.4) is 0 Å². The first-order valence-electron chi connectivity index (χ1n) is 9.80. The van der Waals surface area contributed by atoms with E-state index in [2.05, 4.69) is 11.4 Å². The summed E-state index contributed by atoms with van der Waals surface area (Å²) in [5.41, 5.74) is 3.15. The number of hydrogen-bond donors (Lipinski definition) is 1. The zero-order valence-corrected chi connectivity index (χ0v) is 18.1. The first-order chi connectivity index (χ1) is 15.0. The Morgan fingerprint density at radius 3 is 2.42 bits per heavy atom. The van der Waals surface area contributed by atoms with Gasteiger partial charge in [-0.1, -0.05) is 54.1 Å². The van der Waals surface area contributed by atoms with Gasteiger partial charge in [-0.2, -0.15) is 5.26 Å². The number of halogens is 1. The lowest BCUT2D eigenvalue weighted by atomic mass is 9.92. The molecule has 0 saturated heterocycles. The van der Waals surface area contributed by atoms with E-state index < -0.39 is 5.92 Å². The number of carbonyl (C=O) groups is 1. The van der Waals surface area contributed by atoms with Gasteiger partial charge in [0.25, 0.3) is 0 Å². The second-order valence-electron chi connectivity index (χ2n) is 6.95. The number of anilines is 1. The maximum absolute atomic E-state index is 12.4. The zero-order chi connectivity index (χ0) is 22.2. The number of benzene rings is 3. The average molecular weight is 435 g/mol. The fourth-order valence-electron chi connectivity index (χ4n) is 3.33. The summed E-state index contributed by atoms with van der Waals surface area (Å²) in [5, 5.41) is 12.9. The van der Waals surface area contributed by atoms with Crippen molar-refractivity contribution in [2.45, 2.75) is 18.8 Å². The molecule has 1 unspecified atom stereocenters. The van der Waals surface area contributed by atoms with Gasteiger partial charge in [0.1, 0.15) is 0 Å². The molecular weight excluding hydrogens is 412 g/mol. The van der Waals surface area contributed by atoms with Crippen molar-refractivity contribution in [2.24, 2.45) is 0 Å². The van der Waals surface area contributed by atoms with Crippen LogP contribution in [0, 0.1) is 11.3 Å². The summed E-state index contributed by atoms with van der Waals surface area (Å²) in [6.07, 6.45) is 0.863. The molecule has 0 spiro atoms. The van der Waals surface area contributed by atoms with Gasteiger partial charge in [0.15, 0.2) is 11.5 Å². The highest BCUT2D eigenvalue weighted by molar-refractivity contribution is 6.31. The Kier molecular flexibility index (Phi) is 7.53. The summed E-state index contributed by atoms with van der Waals surface area (Å²) in [5.74, 6) is 0.687. The molecular formula is C25H23ClN2O3. The zero-order valence-electron chi connectivity index (χ0n) is 17.4. The second-order valence-corrected chi connectivity index (χ2v) is 7.35. The van der Waals surface area contributed by atoms with E-state index in [9.17, 15) is 10.1 Å². The van der Waals surface area contributed by atoms with Gasteiger partial charge in [0, 0.05) is 17.1 Å². The number of nitrogens with one attached hydrogen (secondary N) is 1. The molecule has 1 amide bonds. The van der Waals surface area contributed by atoms with Gasteiger partial charge in [0.05, 0.1) is 26.2 Å². The molecule has 3 aromatic carbocycles. The van der Waals surface area contributed by atoms with E-state index >= 15 is 0 Å².